The predicted octanol–water partition coefficient (Wildman–Crippen LogP) is 4.71. The highest BCUT2D eigenvalue weighted by atomic mass is 35.5. The van der Waals surface area contributed by atoms with Gasteiger partial charge in [0, 0.05) is 16.2 Å². The number of ether oxygens (including phenoxy) is 1. The lowest BCUT2D eigenvalue weighted by Crippen LogP contribution is -2.01. The van der Waals surface area contributed by atoms with Crippen LogP contribution in [0.25, 0.3) is 0 Å². The molecule has 104 valence electrons. The third kappa shape index (κ3) is 4.29. The van der Waals surface area contributed by atoms with Gasteiger partial charge in [-0.1, -0.05) is 29.8 Å². The summed E-state index contributed by atoms with van der Waals surface area (Å²) >= 11 is 7.82. The fourth-order valence-corrected chi connectivity index (χ4v) is 2.65. The quantitative estimate of drug-likeness (QED) is 0.439. The van der Waals surface area contributed by atoms with E-state index in [-0.39, 0.29) is 5.78 Å². The Morgan fingerprint density at radius 3 is 2.60 bits per heavy atom. The van der Waals surface area contributed by atoms with Gasteiger partial charge >= 0.3 is 0 Å². The minimum atomic E-state index is -0.00177. The molecule has 0 saturated carbocycles. The van der Waals surface area contributed by atoms with E-state index in [0.29, 0.717) is 22.9 Å². The van der Waals surface area contributed by atoms with Gasteiger partial charge < -0.3 is 4.74 Å². The second-order valence-corrected chi connectivity index (χ2v) is 5.79. The Balaban J connectivity index is 1.84. The Hall–Kier alpha value is -1.45. The van der Waals surface area contributed by atoms with Gasteiger partial charge in [-0.2, -0.15) is 0 Å². The van der Waals surface area contributed by atoms with E-state index in [1.807, 2.05) is 18.2 Å². The molecule has 0 aliphatic carbocycles. The zero-order chi connectivity index (χ0) is 14.4. The highest BCUT2D eigenvalue weighted by molar-refractivity contribution is 7.99. The summed E-state index contributed by atoms with van der Waals surface area (Å²) in [5.41, 5.74) is 0.598. The molecule has 0 fully saturated rings. The van der Waals surface area contributed by atoms with Crippen LogP contribution < -0.4 is 4.74 Å². The standard InChI is InChI=1S/C16H15ClO2S/c1-12(18)13-7-8-16(15(17)11-13)19-9-10-20-14-5-3-2-4-6-14/h2-8,11H,9-10H2,1H3. The van der Waals surface area contributed by atoms with Crippen molar-refractivity contribution in [2.75, 3.05) is 12.4 Å². The molecule has 0 aromatic heterocycles. The molecule has 0 atom stereocenters. The summed E-state index contributed by atoms with van der Waals surface area (Å²) in [6, 6.07) is 15.3. The third-order valence-electron chi connectivity index (χ3n) is 2.69. The van der Waals surface area contributed by atoms with Gasteiger partial charge in [-0.15, -0.1) is 11.8 Å². The topological polar surface area (TPSA) is 26.3 Å². The number of Topliss-reactive ketones (excluding diaryl/α,β-unsaturated/α-hetero) is 1. The molecule has 0 aliphatic heterocycles. The number of halogens is 1. The average molecular weight is 307 g/mol. The molecule has 0 spiro atoms. The van der Waals surface area contributed by atoms with Crippen LogP contribution in [0.5, 0.6) is 5.75 Å². The van der Waals surface area contributed by atoms with E-state index in [1.165, 1.54) is 11.8 Å². The minimum absolute atomic E-state index is 0.00177. The lowest BCUT2D eigenvalue weighted by atomic mass is 10.1. The van der Waals surface area contributed by atoms with Gasteiger partial charge in [0.1, 0.15) is 5.75 Å². The average Bonchev–Trinajstić information content (AvgIpc) is 2.46. The summed E-state index contributed by atoms with van der Waals surface area (Å²) < 4.78 is 5.63. The molecule has 0 N–H and O–H groups in total. The molecule has 0 saturated heterocycles. The van der Waals surface area contributed by atoms with E-state index in [0.717, 1.165) is 5.75 Å². The van der Waals surface area contributed by atoms with Crippen molar-refractivity contribution in [3.8, 4) is 5.75 Å². The van der Waals surface area contributed by atoms with E-state index in [2.05, 4.69) is 12.1 Å². The highest BCUT2D eigenvalue weighted by Crippen LogP contribution is 2.26. The maximum atomic E-state index is 11.2. The molecule has 20 heavy (non-hydrogen) atoms. The van der Waals surface area contributed by atoms with Crippen LogP contribution >= 0.6 is 23.4 Å². The van der Waals surface area contributed by atoms with Crippen molar-refractivity contribution in [3.05, 3.63) is 59.1 Å². The smallest absolute Gasteiger partial charge is 0.159 e. The van der Waals surface area contributed by atoms with Crippen molar-refractivity contribution >= 4 is 29.1 Å². The van der Waals surface area contributed by atoms with Gasteiger partial charge in [0.2, 0.25) is 0 Å². The molecule has 0 heterocycles. The van der Waals surface area contributed by atoms with E-state index < -0.39 is 0 Å². The number of carbonyl (C=O) groups excluding carboxylic acids is 1. The first-order valence-electron chi connectivity index (χ1n) is 6.28. The molecular weight excluding hydrogens is 292 g/mol. The van der Waals surface area contributed by atoms with Crippen LogP contribution in [0.15, 0.2) is 53.4 Å². The summed E-state index contributed by atoms with van der Waals surface area (Å²) in [6.45, 7) is 2.08. The first-order valence-corrected chi connectivity index (χ1v) is 7.64. The summed E-state index contributed by atoms with van der Waals surface area (Å²) in [4.78, 5) is 12.4. The molecule has 4 heteroatoms. The fraction of sp³-hybridized carbons (Fsp3) is 0.188. The van der Waals surface area contributed by atoms with Crippen molar-refractivity contribution < 1.29 is 9.53 Å². The van der Waals surface area contributed by atoms with Gasteiger partial charge in [-0.25, -0.2) is 0 Å². The Labute approximate surface area is 128 Å². The molecule has 0 bridgehead atoms. The fourth-order valence-electron chi connectivity index (χ4n) is 1.66. The van der Waals surface area contributed by atoms with Crippen molar-refractivity contribution in [2.45, 2.75) is 11.8 Å². The lowest BCUT2D eigenvalue weighted by Gasteiger charge is -2.08. The van der Waals surface area contributed by atoms with Crippen LogP contribution in [0.4, 0.5) is 0 Å². The van der Waals surface area contributed by atoms with Gasteiger partial charge in [0.05, 0.1) is 11.6 Å². The minimum Gasteiger partial charge on any atom is -0.491 e. The third-order valence-corrected chi connectivity index (χ3v) is 3.96. The van der Waals surface area contributed by atoms with Crippen LogP contribution in [0.1, 0.15) is 17.3 Å². The maximum absolute atomic E-state index is 11.2. The van der Waals surface area contributed by atoms with Crippen LogP contribution in [0.2, 0.25) is 5.02 Å². The van der Waals surface area contributed by atoms with Crippen LogP contribution in [-0.2, 0) is 0 Å². The van der Waals surface area contributed by atoms with Crippen LogP contribution in [0.3, 0.4) is 0 Å². The van der Waals surface area contributed by atoms with E-state index in [1.54, 1.807) is 30.0 Å². The van der Waals surface area contributed by atoms with E-state index >= 15 is 0 Å². The number of ketones is 1. The lowest BCUT2D eigenvalue weighted by molar-refractivity contribution is 0.101. The summed E-state index contributed by atoms with van der Waals surface area (Å²) in [5.74, 6) is 1.46. The number of thioether (sulfide) groups is 1. The Bertz CT molecular complexity index is 584. The van der Waals surface area contributed by atoms with Crippen molar-refractivity contribution in [1.82, 2.24) is 0 Å². The second kappa shape index (κ2) is 7.36. The van der Waals surface area contributed by atoms with Crippen molar-refractivity contribution in [3.63, 3.8) is 0 Å². The summed E-state index contributed by atoms with van der Waals surface area (Å²) in [6.07, 6.45) is 0. The summed E-state index contributed by atoms with van der Waals surface area (Å²) in [7, 11) is 0. The molecule has 2 nitrogen and oxygen atoms in total. The molecular formula is C16H15ClO2S. The van der Waals surface area contributed by atoms with Gasteiger partial charge in [-0.05, 0) is 37.3 Å². The second-order valence-electron chi connectivity index (χ2n) is 4.21. The summed E-state index contributed by atoms with van der Waals surface area (Å²) in [5, 5.41) is 0.474. The molecule has 0 unspecified atom stereocenters. The Morgan fingerprint density at radius 2 is 1.95 bits per heavy atom. The predicted molar refractivity (Wildman–Crippen MR) is 84.1 cm³/mol. The van der Waals surface area contributed by atoms with Crippen molar-refractivity contribution in [1.29, 1.82) is 0 Å². The number of rotatable bonds is 6. The van der Waals surface area contributed by atoms with Gasteiger partial charge in [0.15, 0.2) is 5.78 Å². The molecule has 0 aliphatic rings. The van der Waals surface area contributed by atoms with E-state index in [4.69, 9.17) is 16.3 Å². The monoisotopic (exact) mass is 306 g/mol. The van der Waals surface area contributed by atoms with Crippen molar-refractivity contribution in [2.24, 2.45) is 0 Å². The first-order chi connectivity index (χ1) is 9.66. The molecule has 0 radical (unpaired) electrons. The first kappa shape index (κ1) is 14.9. The molecule has 2 aromatic rings. The molecule has 0 amide bonds. The highest BCUT2D eigenvalue weighted by Gasteiger charge is 2.06. The molecule has 2 aromatic carbocycles. The van der Waals surface area contributed by atoms with E-state index in [9.17, 15) is 4.79 Å². The van der Waals surface area contributed by atoms with Crippen LogP contribution in [0, 0.1) is 0 Å². The number of hydrogen-bond acceptors (Lipinski definition) is 3. The molecule has 2 rings (SSSR count). The Kier molecular flexibility index (Phi) is 5.50. The normalized spacial score (nSPS) is 10.3. The maximum Gasteiger partial charge on any atom is 0.159 e. The Morgan fingerprint density at radius 1 is 1.20 bits per heavy atom. The number of benzene rings is 2. The SMILES string of the molecule is CC(=O)c1ccc(OCCSc2ccccc2)c(Cl)c1. The zero-order valence-corrected chi connectivity index (χ0v) is 12.7. The number of carbonyl (C=O) groups is 1. The largest absolute Gasteiger partial charge is 0.491 e. The zero-order valence-electron chi connectivity index (χ0n) is 11.1. The number of hydrogen-bond donors (Lipinski definition) is 0. The van der Waals surface area contributed by atoms with Gasteiger partial charge in [0.25, 0.3) is 0 Å². The van der Waals surface area contributed by atoms with Gasteiger partial charge in [-0.3, -0.25) is 4.79 Å². The van der Waals surface area contributed by atoms with Crippen LogP contribution in [-0.4, -0.2) is 18.1 Å².